The van der Waals surface area contributed by atoms with E-state index in [1.54, 1.807) is 0 Å². The van der Waals surface area contributed by atoms with Crippen LogP contribution in [0.3, 0.4) is 0 Å². The zero-order chi connectivity index (χ0) is 31.2. The maximum Gasteiger partial charge on any atom is 0.0546 e. The summed E-state index contributed by atoms with van der Waals surface area (Å²) >= 11 is 1.88. The van der Waals surface area contributed by atoms with Gasteiger partial charge in [0.1, 0.15) is 0 Å². The van der Waals surface area contributed by atoms with Gasteiger partial charge in [-0.05, 0) is 80.4 Å². The van der Waals surface area contributed by atoms with E-state index in [1.807, 2.05) is 11.8 Å². The number of anilines is 3. The minimum absolute atomic E-state index is 0.311. The van der Waals surface area contributed by atoms with E-state index in [9.17, 15) is 0 Å². The number of fused-ring (bicyclic) bond motifs is 6. The van der Waals surface area contributed by atoms with E-state index in [2.05, 4.69) is 187 Å². The molecule has 7 aromatic rings. The van der Waals surface area contributed by atoms with Gasteiger partial charge in [0.2, 0.25) is 0 Å². The van der Waals surface area contributed by atoms with Crippen LogP contribution in [0.4, 0.5) is 17.1 Å². The van der Waals surface area contributed by atoms with Crippen molar-refractivity contribution in [2.24, 2.45) is 0 Å². The molecule has 0 aromatic heterocycles. The lowest BCUT2D eigenvalue weighted by Crippen LogP contribution is -2.10. The highest BCUT2D eigenvalue weighted by Gasteiger charge is 2.23. The number of hydrogen-bond acceptors (Lipinski definition) is 2. The normalized spacial score (nSPS) is 14.9. The Bertz CT molecular complexity index is 2360. The highest BCUT2D eigenvalue weighted by Crippen LogP contribution is 2.48. The van der Waals surface area contributed by atoms with Crippen LogP contribution in [0, 0.1) is 0 Å². The Morgan fingerprint density at radius 1 is 0.511 bits per heavy atom. The molecule has 0 fully saturated rings. The molecule has 0 amide bonds. The van der Waals surface area contributed by atoms with Crippen molar-refractivity contribution in [1.29, 1.82) is 0 Å². The molecule has 1 atom stereocenters. The third kappa shape index (κ3) is 4.99. The minimum Gasteiger partial charge on any atom is -0.310 e. The Kier molecular flexibility index (Phi) is 6.87. The van der Waals surface area contributed by atoms with Crippen molar-refractivity contribution >= 4 is 50.4 Å². The van der Waals surface area contributed by atoms with E-state index in [-0.39, 0.29) is 0 Å². The first-order valence-electron chi connectivity index (χ1n) is 16.1. The molecule has 7 aromatic carbocycles. The zero-order valence-corrected chi connectivity index (χ0v) is 26.6. The summed E-state index contributed by atoms with van der Waals surface area (Å²) in [6.07, 6.45) is 11.2. The molecule has 9 rings (SSSR count). The van der Waals surface area contributed by atoms with Gasteiger partial charge in [0.05, 0.1) is 5.69 Å². The average Bonchev–Trinajstić information content (AvgIpc) is 3.34. The van der Waals surface area contributed by atoms with Crippen molar-refractivity contribution in [3.8, 4) is 22.3 Å². The Hall–Kier alpha value is -5.57. The number of benzene rings is 7. The van der Waals surface area contributed by atoms with Crippen molar-refractivity contribution in [1.82, 2.24) is 0 Å². The summed E-state index contributed by atoms with van der Waals surface area (Å²) in [5.41, 5.74) is 9.74. The highest BCUT2D eigenvalue weighted by molar-refractivity contribution is 8.03. The number of nitrogens with zero attached hydrogens (tertiary/aromatic N) is 1. The van der Waals surface area contributed by atoms with Crippen molar-refractivity contribution in [3.05, 3.63) is 193 Å². The first-order valence-corrected chi connectivity index (χ1v) is 17.0. The number of rotatable bonds is 5. The monoisotopic (exact) mass is 617 g/mol. The average molecular weight is 618 g/mol. The second kappa shape index (κ2) is 11.7. The first-order chi connectivity index (χ1) is 23.3. The van der Waals surface area contributed by atoms with Crippen LogP contribution in [0.25, 0.3) is 43.8 Å². The predicted octanol–water partition coefficient (Wildman–Crippen LogP) is 13.0. The van der Waals surface area contributed by atoms with E-state index in [1.165, 1.54) is 64.9 Å². The lowest BCUT2D eigenvalue weighted by molar-refractivity contribution is 1.03. The molecule has 0 radical (unpaired) electrons. The third-order valence-corrected chi connectivity index (χ3v) is 10.5. The smallest absolute Gasteiger partial charge is 0.0546 e. The molecule has 1 unspecified atom stereocenters. The molecule has 1 nitrogen and oxygen atoms in total. The summed E-state index contributed by atoms with van der Waals surface area (Å²) < 4.78 is 0. The van der Waals surface area contributed by atoms with Crippen molar-refractivity contribution in [2.75, 3.05) is 4.90 Å². The molecule has 1 aliphatic carbocycles. The van der Waals surface area contributed by atoms with Crippen LogP contribution in [-0.4, -0.2) is 0 Å². The highest BCUT2D eigenvalue weighted by atomic mass is 32.2. The van der Waals surface area contributed by atoms with Crippen LogP contribution in [0.15, 0.2) is 192 Å². The van der Waals surface area contributed by atoms with Gasteiger partial charge >= 0.3 is 0 Å². The largest absolute Gasteiger partial charge is 0.310 e. The zero-order valence-electron chi connectivity index (χ0n) is 25.8. The molecule has 2 bridgehead atoms. The van der Waals surface area contributed by atoms with Gasteiger partial charge in [-0.2, -0.15) is 0 Å². The van der Waals surface area contributed by atoms with E-state index in [0.717, 1.165) is 11.4 Å². The topological polar surface area (TPSA) is 3.24 Å². The van der Waals surface area contributed by atoms with Crippen LogP contribution >= 0.6 is 11.8 Å². The van der Waals surface area contributed by atoms with Gasteiger partial charge in [-0.15, -0.1) is 0 Å². The summed E-state index contributed by atoms with van der Waals surface area (Å²) in [6, 6.07) is 55.3. The molecule has 1 heterocycles. The van der Waals surface area contributed by atoms with Crippen LogP contribution in [-0.2, 0) is 0 Å². The van der Waals surface area contributed by atoms with Gasteiger partial charge < -0.3 is 4.90 Å². The summed E-state index contributed by atoms with van der Waals surface area (Å²) in [7, 11) is 0. The van der Waals surface area contributed by atoms with Gasteiger partial charge in [-0.1, -0.05) is 157 Å². The maximum atomic E-state index is 2.41. The third-order valence-electron chi connectivity index (χ3n) is 9.32. The molecular formula is C45H31NS. The van der Waals surface area contributed by atoms with Crippen LogP contribution in [0.1, 0.15) is 11.5 Å². The second-order valence-electron chi connectivity index (χ2n) is 12.1. The molecule has 0 spiro atoms. The molecule has 47 heavy (non-hydrogen) atoms. The number of allylic oxidation sites excluding steroid dienone is 5. The van der Waals surface area contributed by atoms with E-state index < -0.39 is 0 Å². The fraction of sp³-hybridized carbons (Fsp3) is 0.0222. The van der Waals surface area contributed by atoms with Gasteiger partial charge in [0, 0.05) is 32.5 Å². The maximum absolute atomic E-state index is 2.41. The lowest BCUT2D eigenvalue weighted by Gasteiger charge is -2.28. The number of hydrogen-bond donors (Lipinski definition) is 0. The quantitative estimate of drug-likeness (QED) is 0.177. The Labute approximate surface area is 279 Å². The molecule has 2 aliphatic rings. The van der Waals surface area contributed by atoms with Crippen LogP contribution < -0.4 is 4.90 Å². The molecule has 0 saturated heterocycles. The predicted molar refractivity (Wildman–Crippen MR) is 202 cm³/mol. The molecular weight excluding hydrogens is 587 g/mol. The second-order valence-corrected chi connectivity index (χ2v) is 13.2. The number of thioether (sulfide) groups is 1. The van der Waals surface area contributed by atoms with Gasteiger partial charge in [-0.25, -0.2) is 0 Å². The first kappa shape index (κ1) is 27.7. The molecule has 0 saturated carbocycles. The summed E-state index contributed by atoms with van der Waals surface area (Å²) in [6.45, 7) is 0. The van der Waals surface area contributed by atoms with Crippen LogP contribution in [0.2, 0.25) is 0 Å². The molecule has 1 aliphatic heterocycles. The van der Waals surface area contributed by atoms with Crippen LogP contribution in [0.5, 0.6) is 0 Å². The summed E-state index contributed by atoms with van der Waals surface area (Å²) in [5.74, 6) is 0.311. The fourth-order valence-corrected chi connectivity index (χ4v) is 8.25. The Morgan fingerprint density at radius 3 is 2.02 bits per heavy atom. The Balaban J connectivity index is 1.19. The minimum atomic E-state index is 0.311. The van der Waals surface area contributed by atoms with Gasteiger partial charge in [-0.3, -0.25) is 0 Å². The van der Waals surface area contributed by atoms with E-state index >= 15 is 0 Å². The Morgan fingerprint density at radius 2 is 1.19 bits per heavy atom. The lowest BCUT2D eigenvalue weighted by atomic mass is 9.93. The van der Waals surface area contributed by atoms with Crippen molar-refractivity contribution in [2.45, 2.75) is 10.8 Å². The van der Waals surface area contributed by atoms with Crippen molar-refractivity contribution in [3.63, 3.8) is 0 Å². The standard InChI is InChI=1S/C45H31NS/c1-2-10-31(11-3-1)32-22-26-37(27-23-32)46(43-19-8-14-35-21-20-33-12-5-7-16-40(33)44(35)43)38-28-24-34(25-29-38)41-17-9-18-42-36-13-4-6-15-39(30-36)47-45(41)42/h1-30,36H. The van der Waals surface area contributed by atoms with Gasteiger partial charge in [0.25, 0.3) is 0 Å². The van der Waals surface area contributed by atoms with Gasteiger partial charge in [0.15, 0.2) is 0 Å². The molecule has 2 heteroatoms. The molecule has 222 valence electrons. The van der Waals surface area contributed by atoms with E-state index in [0.29, 0.717) is 5.92 Å². The molecule has 0 N–H and O–H groups in total. The summed E-state index contributed by atoms with van der Waals surface area (Å²) in [4.78, 5) is 5.08. The fourth-order valence-electron chi connectivity index (χ4n) is 7.04. The van der Waals surface area contributed by atoms with E-state index in [4.69, 9.17) is 0 Å². The SMILES string of the molecule is C1=CC2=CC(C=C1)c1cccc(-c3ccc(N(c4ccc(-c5ccccc5)cc4)c4cccc5ccc6ccccc6c45)cc3)c1S2. The van der Waals surface area contributed by atoms with Crippen molar-refractivity contribution < 1.29 is 0 Å². The summed E-state index contributed by atoms with van der Waals surface area (Å²) in [5, 5.41) is 4.99.